The fraction of sp³-hybridized carbons (Fsp3) is 0.480. The van der Waals surface area contributed by atoms with Crippen LogP contribution in [0.25, 0.3) is 0 Å². The second-order valence-corrected chi connectivity index (χ2v) is 11.5. The topological polar surface area (TPSA) is 69.7 Å². The zero-order valence-corrected chi connectivity index (χ0v) is 20.6. The molecule has 2 aromatic rings. The fourth-order valence-corrected chi connectivity index (χ4v) is 5.88. The highest BCUT2D eigenvalue weighted by molar-refractivity contribution is 7.92. The van der Waals surface area contributed by atoms with Gasteiger partial charge in [0.1, 0.15) is 0 Å². The zero-order valence-electron chi connectivity index (χ0n) is 19.0. The van der Waals surface area contributed by atoms with Crippen LogP contribution in [0, 0.1) is 11.8 Å². The van der Waals surface area contributed by atoms with Crippen molar-refractivity contribution in [2.75, 3.05) is 37.4 Å². The zero-order chi connectivity index (χ0) is 23.4. The Balaban J connectivity index is 1.36. The molecule has 2 saturated heterocycles. The Labute approximate surface area is 202 Å². The first-order valence-corrected chi connectivity index (χ1v) is 13.6. The number of carbonyl (C=O) groups excluding carboxylic acids is 1. The molecule has 0 bridgehead atoms. The third-order valence-electron chi connectivity index (χ3n) is 6.71. The van der Waals surface area contributed by atoms with Gasteiger partial charge in [-0.15, -0.1) is 0 Å². The molecule has 2 heterocycles. The molecule has 0 spiro atoms. The van der Waals surface area contributed by atoms with Crippen LogP contribution in [0.4, 0.5) is 5.69 Å². The summed E-state index contributed by atoms with van der Waals surface area (Å²) in [5.74, 6) is 1.29. The highest BCUT2D eigenvalue weighted by atomic mass is 35.5. The Kier molecular flexibility index (Phi) is 7.62. The van der Waals surface area contributed by atoms with Gasteiger partial charge >= 0.3 is 0 Å². The molecule has 4 rings (SSSR count). The fourth-order valence-electron chi connectivity index (χ4n) is 4.70. The van der Waals surface area contributed by atoms with Gasteiger partial charge in [-0.2, -0.15) is 0 Å². The molecule has 1 N–H and O–H groups in total. The van der Waals surface area contributed by atoms with Crippen molar-refractivity contribution in [1.29, 1.82) is 0 Å². The average molecular weight is 490 g/mol. The van der Waals surface area contributed by atoms with E-state index in [2.05, 4.69) is 16.5 Å². The number of hydrogen-bond acceptors (Lipinski definition) is 4. The number of piperidine rings is 2. The smallest absolute Gasteiger partial charge is 0.261 e. The second-order valence-electron chi connectivity index (χ2n) is 9.38. The minimum Gasteiger partial charge on any atom is -0.338 e. The summed E-state index contributed by atoms with van der Waals surface area (Å²) in [5.41, 5.74) is 0.954. The molecule has 6 nitrogen and oxygen atoms in total. The summed E-state index contributed by atoms with van der Waals surface area (Å²) in [4.78, 5) is 17.7. The summed E-state index contributed by atoms with van der Waals surface area (Å²) in [5, 5.41) is 0.534. The molecule has 2 aliphatic rings. The van der Waals surface area contributed by atoms with Crippen LogP contribution in [-0.4, -0.2) is 56.8 Å². The van der Waals surface area contributed by atoms with Gasteiger partial charge in [0.15, 0.2) is 0 Å². The Bertz CT molecular complexity index is 1050. The first-order chi connectivity index (χ1) is 15.8. The van der Waals surface area contributed by atoms with Gasteiger partial charge < -0.3 is 9.80 Å². The van der Waals surface area contributed by atoms with Gasteiger partial charge in [-0.25, -0.2) is 8.42 Å². The summed E-state index contributed by atoms with van der Waals surface area (Å²) in [6, 6.07) is 12.6. The maximum absolute atomic E-state index is 13.1. The lowest BCUT2D eigenvalue weighted by atomic mass is 9.94. The molecule has 178 valence electrons. The maximum atomic E-state index is 13.1. The normalized spacial score (nSPS) is 20.5. The molecular formula is C25H32ClN3O3S. The van der Waals surface area contributed by atoms with Crippen molar-refractivity contribution in [3.63, 3.8) is 0 Å². The Morgan fingerprint density at radius 2 is 1.67 bits per heavy atom. The van der Waals surface area contributed by atoms with Crippen molar-refractivity contribution >= 4 is 33.2 Å². The monoisotopic (exact) mass is 489 g/mol. The predicted molar refractivity (Wildman–Crippen MR) is 132 cm³/mol. The van der Waals surface area contributed by atoms with Gasteiger partial charge in [-0.3, -0.25) is 9.52 Å². The molecule has 8 heteroatoms. The van der Waals surface area contributed by atoms with Gasteiger partial charge in [0.2, 0.25) is 0 Å². The number of hydrogen-bond donors (Lipinski definition) is 1. The second kappa shape index (κ2) is 10.5. The number of amides is 1. The number of nitrogens with one attached hydrogen (secondary N) is 1. The number of halogens is 1. The molecule has 1 unspecified atom stereocenters. The van der Waals surface area contributed by atoms with E-state index >= 15 is 0 Å². The van der Waals surface area contributed by atoms with Crippen LogP contribution in [0.5, 0.6) is 0 Å². The van der Waals surface area contributed by atoms with Gasteiger partial charge in [0.25, 0.3) is 15.9 Å². The summed E-state index contributed by atoms with van der Waals surface area (Å²) >= 11 is 5.86. The minimum atomic E-state index is -3.75. The lowest BCUT2D eigenvalue weighted by Gasteiger charge is -2.38. The molecule has 2 aliphatic heterocycles. The molecular weight excluding hydrogens is 458 g/mol. The van der Waals surface area contributed by atoms with Crippen molar-refractivity contribution in [2.45, 2.75) is 37.5 Å². The molecule has 0 saturated carbocycles. The maximum Gasteiger partial charge on any atom is 0.261 e. The molecule has 0 aromatic heterocycles. The number of anilines is 1. The Hall–Kier alpha value is -2.09. The number of likely N-dealkylation sites (tertiary alicyclic amines) is 2. The Morgan fingerprint density at radius 3 is 2.33 bits per heavy atom. The number of sulfonamides is 1. The van der Waals surface area contributed by atoms with Crippen LogP contribution in [0.1, 0.15) is 43.0 Å². The van der Waals surface area contributed by atoms with E-state index < -0.39 is 10.0 Å². The quantitative estimate of drug-likeness (QED) is 0.637. The van der Waals surface area contributed by atoms with Gasteiger partial charge in [0, 0.05) is 35.9 Å². The van der Waals surface area contributed by atoms with E-state index in [1.165, 1.54) is 25.0 Å². The molecule has 1 amide bonds. The first-order valence-electron chi connectivity index (χ1n) is 11.7. The number of rotatable bonds is 6. The Morgan fingerprint density at radius 1 is 1.00 bits per heavy atom. The van der Waals surface area contributed by atoms with Crippen molar-refractivity contribution in [2.24, 2.45) is 11.8 Å². The highest BCUT2D eigenvalue weighted by Crippen LogP contribution is 2.24. The molecule has 1 atom stereocenters. The van der Waals surface area contributed by atoms with Crippen LogP contribution in [0.2, 0.25) is 5.02 Å². The number of benzene rings is 2. The van der Waals surface area contributed by atoms with Gasteiger partial charge in [-0.1, -0.05) is 18.5 Å². The molecule has 0 radical (unpaired) electrons. The average Bonchev–Trinajstić information content (AvgIpc) is 2.82. The third kappa shape index (κ3) is 6.28. The molecule has 33 heavy (non-hydrogen) atoms. The van der Waals surface area contributed by atoms with E-state index in [-0.39, 0.29) is 10.8 Å². The van der Waals surface area contributed by atoms with E-state index in [1.807, 2.05) is 4.90 Å². The summed E-state index contributed by atoms with van der Waals surface area (Å²) in [7, 11) is -3.75. The van der Waals surface area contributed by atoms with Crippen LogP contribution in [0.15, 0.2) is 53.4 Å². The standard InChI is InChI=1S/C25H32ClN3O3S/c1-19-12-15-28(16-13-19)17-20-3-2-14-29(18-20)25(30)21-4-10-24(11-5-21)33(31,32)27-23-8-6-22(26)7-9-23/h4-11,19-20,27H,2-3,12-18H2,1H3. The third-order valence-corrected chi connectivity index (χ3v) is 8.36. The lowest BCUT2D eigenvalue weighted by Crippen LogP contribution is -2.45. The molecule has 0 aliphatic carbocycles. The van der Waals surface area contributed by atoms with E-state index in [0.29, 0.717) is 22.2 Å². The first kappa shape index (κ1) is 24.0. The molecule has 2 fully saturated rings. The van der Waals surface area contributed by atoms with Crippen LogP contribution < -0.4 is 4.72 Å². The predicted octanol–water partition coefficient (Wildman–Crippen LogP) is 4.72. The molecule has 2 aromatic carbocycles. The lowest BCUT2D eigenvalue weighted by molar-refractivity contribution is 0.0622. The summed E-state index contributed by atoms with van der Waals surface area (Å²) < 4.78 is 27.9. The van der Waals surface area contributed by atoms with E-state index in [4.69, 9.17) is 11.6 Å². The van der Waals surface area contributed by atoms with Crippen LogP contribution >= 0.6 is 11.6 Å². The highest BCUT2D eigenvalue weighted by Gasteiger charge is 2.27. The van der Waals surface area contributed by atoms with Gasteiger partial charge in [0.05, 0.1) is 4.90 Å². The van der Waals surface area contributed by atoms with Crippen molar-refractivity contribution in [3.05, 3.63) is 59.1 Å². The van der Waals surface area contributed by atoms with Crippen LogP contribution in [0.3, 0.4) is 0 Å². The van der Waals surface area contributed by atoms with E-state index in [1.54, 1.807) is 36.4 Å². The van der Waals surface area contributed by atoms with Gasteiger partial charge in [-0.05, 0) is 99.1 Å². The van der Waals surface area contributed by atoms with Crippen molar-refractivity contribution < 1.29 is 13.2 Å². The number of nitrogens with zero attached hydrogens (tertiary/aromatic N) is 2. The minimum absolute atomic E-state index is 0.0263. The van der Waals surface area contributed by atoms with Crippen LogP contribution in [-0.2, 0) is 10.0 Å². The van der Waals surface area contributed by atoms with Crippen molar-refractivity contribution in [3.8, 4) is 0 Å². The number of carbonyl (C=O) groups is 1. The SMILES string of the molecule is CC1CCN(CC2CCCN(C(=O)c3ccc(S(=O)(=O)Nc4ccc(Cl)cc4)cc3)C2)CC1. The van der Waals surface area contributed by atoms with E-state index in [0.717, 1.165) is 51.5 Å². The largest absolute Gasteiger partial charge is 0.338 e. The summed E-state index contributed by atoms with van der Waals surface area (Å²) in [6.07, 6.45) is 4.69. The van der Waals surface area contributed by atoms with Crippen molar-refractivity contribution in [1.82, 2.24) is 9.80 Å². The summed E-state index contributed by atoms with van der Waals surface area (Å²) in [6.45, 7) is 7.22. The van der Waals surface area contributed by atoms with E-state index in [9.17, 15) is 13.2 Å².